The molecule has 3 aromatic rings. The molecule has 2 heterocycles. The summed E-state index contributed by atoms with van der Waals surface area (Å²) in [6.07, 6.45) is -0.0358. The summed E-state index contributed by atoms with van der Waals surface area (Å²) in [5.41, 5.74) is 1.12. The van der Waals surface area contributed by atoms with Crippen molar-refractivity contribution in [1.82, 2.24) is 0 Å². The minimum atomic E-state index is -0.357. The largest absolute Gasteiger partial charge is 0.497 e. The lowest BCUT2D eigenvalue weighted by atomic mass is 10.1. The van der Waals surface area contributed by atoms with Crippen LogP contribution in [0.5, 0.6) is 17.2 Å². The molecule has 1 aliphatic heterocycles. The lowest BCUT2D eigenvalue weighted by Crippen LogP contribution is -3.09. The summed E-state index contributed by atoms with van der Waals surface area (Å²) in [5.74, 6) is 2.22. The number of ether oxygens (including phenoxy) is 3. The monoisotopic (exact) mass is 368 g/mol. The maximum Gasteiger partial charge on any atom is 0.336 e. The molecule has 0 radical (unpaired) electrons. The zero-order valence-corrected chi connectivity index (χ0v) is 15.4. The van der Waals surface area contributed by atoms with Gasteiger partial charge in [-0.2, -0.15) is 0 Å². The van der Waals surface area contributed by atoms with Gasteiger partial charge in [-0.25, -0.2) is 4.79 Å². The van der Waals surface area contributed by atoms with Gasteiger partial charge in [-0.1, -0.05) is 12.1 Å². The van der Waals surface area contributed by atoms with Gasteiger partial charge in [0.2, 0.25) is 0 Å². The fourth-order valence-corrected chi connectivity index (χ4v) is 3.43. The zero-order chi connectivity index (χ0) is 18.8. The summed E-state index contributed by atoms with van der Waals surface area (Å²) in [6.45, 7) is 1.95. The van der Waals surface area contributed by atoms with E-state index in [1.807, 2.05) is 36.4 Å². The molecule has 27 heavy (non-hydrogen) atoms. The van der Waals surface area contributed by atoms with Crippen molar-refractivity contribution in [3.05, 3.63) is 64.5 Å². The Morgan fingerprint density at radius 2 is 1.96 bits per heavy atom. The number of quaternary nitrogens is 1. The maximum atomic E-state index is 12.0. The standard InChI is InChI=1S/C21H21NO5/c1-22(12-16-13-25-18-5-3-4-6-19(18)26-16)11-14-9-21(23)27-20-10-15(24-2)7-8-17(14)20/h3-10,16H,11-13H2,1-2H3/p+1/t16-/m0/s1. The second-order valence-electron chi connectivity index (χ2n) is 6.79. The molecule has 0 amide bonds. The number of methoxy groups -OCH3 is 1. The number of likely N-dealkylation sites (N-methyl/N-ethyl adjacent to an activating group) is 1. The van der Waals surface area contributed by atoms with E-state index in [0.29, 0.717) is 24.5 Å². The third-order valence-electron chi connectivity index (χ3n) is 4.67. The molecule has 4 rings (SSSR count). The van der Waals surface area contributed by atoms with E-state index in [0.717, 1.165) is 29.0 Å². The second kappa shape index (κ2) is 7.32. The van der Waals surface area contributed by atoms with E-state index in [2.05, 4.69) is 7.05 Å². The van der Waals surface area contributed by atoms with Gasteiger partial charge in [-0.3, -0.25) is 0 Å². The fraction of sp³-hybridized carbons (Fsp3) is 0.286. The second-order valence-corrected chi connectivity index (χ2v) is 6.79. The molecular formula is C21H22NO5+. The van der Waals surface area contributed by atoms with Crippen molar-refractivity contribution in [2.75, 3.05) is 27.3 Å². The topological polar surface area (TPSA) is 62.3 Å². The first-order valence-electron chi connectivity index (χ1n) is 8.93. The molecule has 1 N–H and O–H groups in total. The number of nitrogens with one attached hydrogen (secondary N) is 1. The molecule has 6 nitrogen and oxygen atoms in total. The maximum absolute atomic E-state index is 12.0. The van der Waals surface area contributed by atoms with Crippen LogP contribution in [-0.2, 0) is 6.54 Å². The van der Waals surface area contributed by atoms with Crippen molar-refractivity contribution in [3.8, 4) is 17.2 Å². The van der Waals surface area contributed by atoms with Gasteiger partial charge in [-0.05, 0) is 24.3 Å². The molecule has 2 atom stereocenters. The molecule has 1 aliphatic rings. The van der Waals surface area contributed by atoms with E-state index in [4.69, 9.17) is 18.6 Å². The van der Waals surface area contributed by atoms with Crippen LogP contribution in [0, 0.1) is 0 Å². The van der Waals surface area contributed by atoms with E-state index in [1.165, 1.54) is 4.90 Å². The molecule has 0 bridgehead atoms. The smallest absolute Gasteiger partial charge is 0.336 e. The average molecular weight is 368 g/mol. The number of hydrogen-bond acceptors (Lipinski definition) is 5. The van der Waals surface area contributed by atoms with Gasteiger partial charge >= 0.3 is 5.63 Å². The van der Waals surface area contributed by atoms with Crippen molar-refractivity contribution in [1.29, 1.82) is 0 Å². The summed E-state index contributed by atoms with van der Waals surface area (Å²) in [4.78, 5) is 13.2. The quantitative estimate of drug-likeness (QED) is 0.694. The van der Waals surface area contributed by atoms with Gasteiger partial charge in [0.1, 0.15) is 31.0 Å². The van der Waals surface area contributed by atoms with Crippen molar-refractivity contribution in [2.45, 2.75) is 12.6 Å². The minimum absolute atomic E-state index is 0.0358. The number of para-hydroxylation sites is 2. The van der Waals surface area contributed by atoms with Gasteiger partial charge in [0.15, 0.2) is 17.6 Å². The van der Waals surface area contributed by atoms with Crippen molar-refractivity contribution >= 4 is 11.0 Å². The van der Waals surface area contributed by atoms with Crippen LogP contribution in [0.4, 0.5) is 0 Å². The Bertz CT molecular complexity index is 1010. The highest BCUT2D eigenvalue weighted by atomic mass is 16.6. The highest BCUT2D eigenvalue weighted by molar-refractivity contribution is 5.81. The molecular weight excluding hydrogens is 346 g/mol. The summed E-state index contributed by atoms with van der Waals surface area (Å²) < 4.78 is 22.4. The molecule has 140 valence electrons. The van der Waals surface area contributed by atoms with Crippen LogP contribution in [0.25, 0.3) is 11.0 Å². The summed E-state index contributed by atoms with van der Waals surface area (Å²) >= 11 is 0. The van der Waals surface area contributed by atoms with Crippen LogP contribution >= 0.6 is 0 Å². The molecule has 2 aromatic carbocycles. The SMILES string of the molecule is COc1ccc2c(C[NH+](C)C[C@H]3COc4ccccc4O3)cc(=O)oc2c1. The van der Waals surface area contributed by atoms with E-state index >= 15 is 0 Å². The van der Waals surface area contributed by atoms with Crippen LogP contribution in [0.15, 0.2) is 57.7 Å². The first kappa shape index (κ1) is 17.4. The van der Waals surface area contributed by atoms with E-state index < -0.39 is 0 Å². The third-order valence-corrected chi connectivity index (χ3v) is 4.67. The zero-order valence-electron chi connectivity index (χ0n) is 15.4. The highest BCUT2D eigenvalue weighted by Gasteiger charge is 2.24. The van der Waals surface area contributed by atoms with Crippen LogP contribution in [-0.4, -0.2) is 33.4 Å². The van der Waals surface area contributed by atoms with E-state index in [1.54, 1.807) is 19.2 Å². The molecule has 1 aromatic heterocycles. The van der Waals surface area contributed by atoms with Crippen molar-refractivity contribution < 1.29 is 23.5 Å². The fourth-order valence-electron chi connectivity index (χ4n) is 3.43. The molecule has 0 fully saturated rings. The lowest BCUT2D eigenvalue weighted by molar-refractivity contribution is -0.896. The van der Waals surface area contributed by atoms with E-state index in [9.17, 15) is 4.79 Å². The molecule has 1 unspecified atom stereocenters. The minimum Gasteiger partial charge on any atom is -0.497 e. The summed E-state index contributed by atoms with van der Waals surface area (Å²) in [5, 5.41) is 0.918. The highest BCUT2D eigenvalue weighted by Crippen LogP contribution is 2.30. The third kappa shape index (κ3) is 3.75. The Labute approximate surface area is 156 Å². The Morgan fingerprint density at radius 3 is 2.78 bits per heavy atom. The number of benzene rings is 2. The Morgan fingerprint density at radius 1 is 1.15 bits per heavy atom. The lowest BCUT2D eigenvalue weighted by Gasteiger charge is -2.28. The van der Waals surface area contributed by atoms with Crippen LogP contribution < -0.4 is 24.7 Å². The molecule has 6 heteroatoms. The Balaban J connectivity index is 1.50. The number of rotatable bonds is 5. The van der Waals surface area contributed by atoms with Crippen molar-refractivity contribution in [3.63, 3.8) is 0 Å². The molecule has 0 saturated heterocycles. The van der Waals surface area contributed by atoms with Crippen LogP contribution in [0.1, 0.15) is 5.56 Å². The summed E-state index contributed by atoms with van der Waals surface area (Å²) in [7, 11) is 3.67. The molecule has 0 spiro atoms. The van der Waals surface area contributed by atoms with Gasteiger partial charge < -0.3 is 23.5 Å². The predicted octanol–water partition coefficient (Wildman–Crippen LogP) is 1.66. The van der Waals surface area contributed by atoms with Crippen LogP contribution in [0.3, 0.4) is 0 Å². The van der Waals surface area contributed by atoms with Gasteiger partial charge in [0.05, 0.1) is 14.2 Å². The molecule has 0 saturated carbocycles. The first-order valence-corrected chi connectivity index (χ1v) is 8.93. The molecule has 0 aliphatic carbocycles. The van der Waals surface area contributed by atoms with Gasteiger partial charge in [0, 0.05) is 23.1 Å². The van der Waals surface area contributed by atoms with Gasteiger partial charge in [-0.15, -0.1) is 0 Å². The Kier molecular flexibility index (Phi) is 4.73. The number of fused-ring (bicyclic) bond motifs is 2. The predicted molar refractivity (Wildman–Crippen MR) is 101 cm³/mol. The van der Waals surface area contributed by atoms with Crippen molar-refractivity contribution in [2.24, 2.45) is 0 Å². The van der Waals surface area contributed by atoms with Crippen LogP contribution in [0.2, 0.25) is 0 Å². The normalized spacial score (nSPS) is 16.9. The van der Waals surface area contributed by atoms with Gasteiger partial charge in [0.25, 0.3) is 0 Å². The first-order chi connectivity index (χ1) is 13.1. The summed E-state index contributed by atoms with van der Waals surface area (Å²) in [6, 6.07) is 14.8. The van der Waals surface area contributed by atoms with E-state index in [-0.39, 0.29) is 11.7 Å². The number of hydrogen-bond donors (Lipinski definition) is 1. The Hall–Kier alpha value is -2.99. The average Bonchev–Trinajstić information content (AvgIpc) is 2.67.